The molecule has 17 heavy (non-hydrogen) atoms. The lowest BCUT2D eigenvalue weighted by molar-refractivity contribution is -0.145. The van der Waals surface area contributed by atoms with Gasteiger partial charge in [0.2, 0.25) is 0 Å². The second kappa shape index (κ2) is 10.2. The number of nitrogens with zero attached hydrogens (tertiary/aromatic N) is 1. The lowest BCUT2D eigenvalue weighted by atomic mass is 10.2. The molecule has 0 unspecified atom stereocenters. The molecule has 0 aromatic carbocycles. The van der Waals surface area contributed by atoms with Crippen LogP contribution in [0.3, 0.4) is 0 Å². The molecule has 0 amide bonds. The van der Waals surface area contributed by atoms with Crippen LogP contribution in [0.2, 0.25) is 0 Å². The summed E-state index contributed by atoms with van der Waals surface area (Å²) in [4.78, 5) is 24.6. The van der Waals surface area contributed by atoms with Gasteiger partial charge >= 0.3 is 5.97 Å². The van der Waals surface area contributed by atoms with Crippen LogP contribution in [0.5, 0.6) is 0 Å². The molecule has 0 aliphatic heterocycles. The Morgan fingerprint density at radius 3 is 2.35 bits per heavy atom. The van der Waals surface area contributed by atoms with Crippen molar-refractivity contribution < 1.29 is 19.1 Å². The zero-order valence-electron chi connectivity index (χ0n) is 11.0. The van der Waals surface area contributed by atoms with Crippen molar-refractivity contribution in [3.05, 3.63) is 0 Å². The van der Waals surface area contributed by atoms with E-state index in [4.69, 9.17) is 9.47 Å². The van der Waals surface area contributed by atoms with E-state index in [1.807, 2.05) is 18.7 Å². The SMILES string of the molecule is CCOCCN(CC)CC(=O)CC(=O)OCC. The molecule has 0 bridgehead atoms. The fourth-order valence-corrected chi connectivity index (χ4v) is 1.37. The molecule has 0 saturated carbocycles. The van der Waals surface area contributed by atoms with Crippen molar-refractivity contribution in [2.75, 3.05) is 39.5 Å². The molecule has 0 rings (SSSR count). The molecule has 5 nitrogen and oxygen atoms in total. The quantitative estimate of drug-likeness (QED) is 0.325. The van der Waals surface area contributed by atoms with E-state index in [2.05, 4.69) is 0 Å². The van der Waals surface area contributed by atoms with Crippen LogP contribution in [-0.4, -0.2) is 56.1 Å². The molecule has 100 valence electrons. The average Bonchev–Trinajstić information content (AvgIpc) is 2.28. The Morgan fingerprint density at radius 2 is 1.82 bits per heavy atom. The lowest BCUT2D eigenvalue weighted by Gasteiger charge is -2.18. The number of likely N-dealkylation sites (N-methyl/N-ethyl adjacent to an activating group) is 1. The van der Waals surface area contributed by atoms with Gasteiger partial charge in [0, 0.05) is 13.2 Å². The number of ether oxygens (including phenoxy) is 2. The van der Waals surface area contributed by atoms with Gasteiger partial charge in [-0.2, -0.15) is 0 Å². The fourth-order valence-electron chi connectivity index (χ4n) is 1.37. The molecule has 0 N–H and O–H groups in total. The van der Waals surface area contributed by atoms with E-state index in [-0.39, 0.29) is 18.7 Å². The van der Waals surface area contributed by atoms with Gasteiger partial charge in [0.15, 0.2) is 5.78 Å². The van der Waals surface area contributed by atoms with Crippen molar-refractivity contribution in [3.8, 4) is 0 Å². The van der Waals surface area contributed by atoms with Crippen molar-refractivity contribution in [3.63, 3.8) is 0 Å². The first-order valence-corrected chi connectivity index (χ1v) is 6.11. The first-order valence-electron chi connectivity index (χ1n) is 6.11. The van der Waals surface area contributed by atoms with Gasteiger partial charge in [0.05, 0.1) is 19.8 Å². The third-order valence-electron chi connectivity index (χ3n) is 2.25. The van der Waals surface area contributed by atoms with E-state index in [1.54, 1.807) is 6.92 Å². The Labute approximate surface area is 103 Å². The fraction of sp³-hybridized carbons (Fsp3) is 0.833. The summed E-state index contributed by atoms with van der Waals surface area (Å²) in [5.41, 5.74) is 0. The Hall–Kier alpha value is -0.940. The minimum Gasteiger partial charge on any atom is -0.466 e. The highest BCUT2D eigenvalue weighted by Gasteiger charge is 2.13. The summed E-state index contributed by atoms with van der Waals surface area (Å²) in [5, 5.41) is 0. The Balaban J connectivity index is 3.85. The molecule has 0 heterocycles. The van der Waals surface area contributed by atoms with E-state index >= 15 is 0 Å². The van der Waals surface area contributed by atoms with Crippen molar-refractivity contribution in [1.82, 2.24) is 4.90 Å². The normalized spacial score (nSPS) is 10.6. The van der Waals surface area contributed by atoms with Gasteiger partial charge in [-0.15, -0.1) is 0 Å². The van der Waals surface area contributed by atoms with Gasteiger partial charge in [0.25, 0.3) is 0 Å². The zero-order valence-corrected chi connectivity index (χ0v) is 11.0. The first-order chi connectivity index (χ1) is 8.13. The van der Waals surface area contributed by atoms with Crippen LogP contribution in [0.4, 0.5) is 0 Å². The number of hydrogen-bond acceptors (Lipinski definition) is 5. The maximum atomic E-state index is 11.5. The summed E-state index contributed by atoms with van der Waals surface area (Å²) >= 11 is 0. The van der Waals surface area contributed by atoms with Crippen LogP contribution in [-0.2, 0) is 19.1 Å². The summed E-state index contributed by atoms with van der Waals surface area (Å²) in [6.07, 6.45) is -0.140. The van der Waals surface area contributed by atoms with Gasteiger partial charge in [-0.25, -0.2) is 0 Å². The number of Topliss-reactive ketones (excluding diaryl/α,β-unsaturated/α-hetero) is 1. The van der Waals surface area contributed by atoms with Crippen LogP contribution in [0, 0.1) is 0 Å². The predicted molar refractivity (Wildman–Crippen MR) is 64.9 cm³/mol. The van der Waals surface area contributed by atoms with Crippen molar-refractivity contribution in [1.29, 1.82) is 0 Å². The standard InChI is InChI=1S/C12H23NO4/c1-4-13(7-8-16-5-2)10-11(14)9-12(15)17-6-3/h4-10H2,1-3H3. The molecule has 0 fully saturated rings. The maximum Gasteiger partial charge on any atom is 0.313 e. The van der Waals surface area contributed by atoms with Crippen LogP contribution >= 0.6 is 0 Å². The third kappa shape index (κ3) is 8.83. The van der Waals surface area contributed by atoms with E-state index in [0.29, 0.717) is 26.4 Å². The minimum atomic E-state index is -0.446. The lowest BCUT2D eigenvalue weighted by Crippen LogP contribution is -2.33. The molecule has 0 saturated heterocycles. The monoisotopic (exact) mass is 245 g/mol. The molecular weight excluding hydrogens is 222 g/mol. The van der Waals surface area contributed by atoms with E-state index in [1.165, 1.54) is 0 Å². The highest BCUT2D eigenvalue weighted by molar-refractivity contribution is 5.96. The molecule has 0 aromatic heterocycles. The number of carbonyl (C=O) groups is 2. The van der Waals surface area contributed by atoms with Crippen molar-refractivity contribution in [2.24, 2.45) is 0 Å². The highest BCUT2D eigenvalue weighted by atomic mass is 16.5. The number of esters is 1. The molecule has 0 aliphatic carbocycles. The minimum absolute atomic E-state index is 0.109. The van der Waals surface area contributed by atoms with Crippen molar-refractivity contribution >= 4 is 11.8 Å². The van der Waals surface area contributed by atoms with Crippen LogP contribution < -0.4 is 0 Å². The van der Waals surface area contributed by atoms with Crippen molar-refractivity contribution in [2.45, 2.75) is 27.2 Å². The topological polar surface area (TPSA) is 55.8 Å². The Bertz CT molecular complexity index is 231. The highest BCUT2D eigenvalue weighted by Crippen LogP contribution is 1.94. The Kier molecular flexibility index (Phi) is 9.66. The van der Waals surface area contributed by atoms with Crippen LogP contribution in [0.15, 0.2) is 0 Å². The summed E-state index contributed by atoms with van der Waals surface area (Å²) in [6.45, 7) is 8.98. The number of ketones is 1. The second-order valence-corrected chi connectivity index (χ2v) is 3.59. The zero-order chi connectivity index (χ0) is 13.1. The van der Waals surface area contributed by atoms with Crippen LogP contribution in [0.1, 0.15) is 27.2 Å². The largest absolute Gasteiger partial charge is 0.466 e. The number of rotatable bonds is 10. The van der Waals surface area contributed by atoms with Gasteiger partial charge in [-0.05, 0) is 20.4 Å². The summed E-state index contributed by atoms with van der Waals surface area (Å²) in [5.74, 6) is -0.555. The smallest absolute Gasteiger partial charge is 0.313 e. The summed E-state index contributed by atoms with van der Waals surface area (Å²) in [7, 11) is 0. The molecule has 0 radical (unpaired) electrons. The van der Waals surface area contributed by atoms with Gasteiger partial charge in [0.1, 0.15) is 6.42 Å². The molecule has 0 aliphatic rings. The van der Waals surface area contributed by atoms with E-state index in [0.717, 1.165) is 6.54 Å². The van der Waals surface area contributed by atoms with Gasteiger partial charge in [-0.3, -0.25) is 14.5 Å². The van der Waals surface area contributed by atoms with E-state index in [9.17, 15) is 9.59 Å². The molecular formula is C12H23NO4. The molecule has 0 aromatic rings. The predicted octanol–water partition coefficient (Wildman–Crippen LogP) is 0.867. The Morgan fingerprint density at radius 1 is 1.12 bits per heavy atom. The maximum absolute atomic E-state index is 11.5. The second-order valence-electron chi connectivity index (χ2n) is 3.59. The van der Waals surface area contributed by atoms with Gasteiger partial charge < -0.3 is 9.47 Å². The summed E-state index contributed by atoms with van der Waals surface area (Å²) < 4.78 is 9.95. The molecule has 0 spiro atoms. The molecule has 5 heteroatoms. The number of carbonyl (C=O) groups excluding carboxylic acids is 2. The third-order valence-corrected chi connectivity index (χ3v) is 2.25. The molecule has 0 atom stereocenters. The average molecular weight is 245 g/mol. The van der Waals surface area contributed by atoms with E-state index < -0.39 is 5.97 Å². The number of hydrogen-bond donors (Lipinski definition) is 0. The van der Waals surface area contributed by atoms with Gasteiger partial charge in [-0.1, -0.05) is 6.92 Å². The van der Waals surface area contributed by atoms with Crippen LogP contribution in [0.25, 0.3) is 0 Å². The first kappa shape index (κ1) is 16.1. The summed E-state index contributed by atoms with van der Waals surface area (Å²) in [6, 6.07) is 0.